The van der Waals surface area contributed by atoms with Crippen molar-refractivity contribution in [1.29, 1.82) is 0 Å². The van der Waals surface area contributed by atoms with E-state index in [4.69, 9.17) is 10.8 Å². The van der Waals surface area contributed by atoms with E-state index in [0.29, 0.717) is 11.4 Å². The minimum Gasteiger partial charge on any atom is -0.481 e. The Morgan fingerprint density at radius 1 is 1.38 bits per heavy atom. The number of aliphatic carboxylic acids is 1. The lowest BCUT2D eigenvalue weighted by Crippen LogP contribution is -2.22. The third-order valence-corrected chi connectivity index (χ3v) is 2.11. The predicted octanol–water partition coefficient (Wildman–Crippen LogP) is 1.32. The predicted molar refractivity (Wildman–Crippen MR) is 60.9 cm³/mol. The summed E-state index contributed by atoms with van der Waals surface area (Å²) < 4.78 is 0. The smallest absolute Gasteiger partial charge is 0.304 e. The molecule has 86 valence electrons. The molecule has 0 saturated heterocycles. The van der Waals surface area contributed by atoms with Crippen LogP contribution in [0.15, 0.2) is 24.3 Å². The van der Waals surface area contributed by atoms with Gasteiger partial charge in [-0.2, -0.15) is 0 Å². The fourth-order valence-electron chi connectivity index (χ4n) is 1.19. The first-order chi connectivity index (χ1) is 7.49. The van der Waals surface area contributed by atoms with Crippen molar-refractivity contribution in [3.8, 4) is 0 Å². The van der Waals surface area contributed by atoms with E-state index < -0.39 is 11.9 Å². The Hall–Kier alpha value is -2.04. The minimum atomic E-state index is -0.986. The quantitative estimate of drug-likeness (QED) is 0.670. The van der Waals surface area contributed by atoms with Crippen LogP contribution in [-0.4, -0.2) is 17.0 Å². The lowest BCUT2D eigenvalue weighted by atomic mass is 10.1. The number of anilines is 2. The minimum absolute atomic E-state index is 0.180. The average molecular weight is 222 g/mol. The number of carbonyl (C=O) groups excluding carboxylic acids is 1. The number of nitrogens with two attached hydrogens (primary N) is 1. The van der Waals surface area contributed by atoms with Gasteiger partial charge in [-0.1, -0.05) is 6.92 Å². The Morgan fingerprint density at radius 3 is 2.44 bits per heavy atom. The van der Waals surface area contributed by atoms with Crippen LogP contribution in [0.3, 0.4) is 0 Å². The molecule has 1 aromatic rings. The first-order valence-electron chi connectivity index (χ1n) is 4.87. The maximum Gasteiger partial charge on any atom is 0.304 e. The largest absolute Gasteiger partial charge is 0.481 e. The molecule has 0 saturated carbocycles. The average Bonchev–Trinajstić information content (AvgIpc) is 2.20. The Balaban J connectivity index is 2.57. The maximum absolute atomic E-state index is 11.5. The monoisotopic (exact) mass is 222 g/mol. The van der Waals surface area contributed by atoms with E-state index in [-0.39, 0.29) is 12.3 Å². The van der Waals surface area contributed by atoms with E-state index in [1.165, 1.54) is 0 Å². The summed E-state index contributed by atoms with van der Waals surface area (Å²) in [4.78, 5) is 21.9. The lowest BCUT2D eigenvalue weighted by Gasteiger charge is -2.10. The number of carbonyl (C=O) groups is 2. The number of carboxylic acid groups (broad SMARTS) is 1. The summed E-state index contributed by atoms with van der Waals surface area (Å²) in [5.74, 6) is -1.86. The Kier molecular flexibility index (Phi) is 3.88. The molecule has 1 unspecified atom stereocenters. The van der Waals surface area contributed by atoms with Gasteiger partial charge in [-0.25, -0.2) is 0 Å². The molecule has 0 heterocycles. The van der Waals surface area contributed by atoms with E-state index in [2.05, 4.69) is 5.32 Å². The summed E-state index contributed by atoms with van der Waals surface area (Å²) in [7, 11) is 0. The van der Waals surface area contributed by atoms with Crippen LogP contribution in [0.2, 0.25) is 0 Å². The van der Waals surface area contributed by atoms with Crippen molar-refractivity contribution in [2.75, 3.05) is 11.1 Å². The van der Waals surface area contributed by atoms with Crippen LogP contribution in [0.1, 0.15) is 13.3 Å². The summed E-state index contributed by atoms with van der Waals surface area (Å²) in [6.45, 7) is 1.57. The number of rotatable bonds is 4. The zero-order chi connectivity index (χ0) is 12.1. The Morgan fingerprint density at radius 2 is 1.94 bits per heavy atom. The normalized spacial score (nSPS) is 11.8. The molecule has 1 aromatic carbocycles. The lowest BCUT2D eigenvalue weighted by molar-refractivity contribution is -0.139. The van der Waals surface area contributed by atoms with E-state index in [1.807, 2.05) is 0 Å². The highest BCUT2D eigenvalue weighted by Crippen LogP contribution is 2.12. The van der Waals surface area contributed by atoms with Gasteiger partial charge >= 0.3 is 5.97 Å². The van der Waals surface area contributed by atoms with Crippen LogP contribution in [0.5, 0.6) is 0 Å². The SMILES string of the molecule is CC(CC(=O)O)C(=O)Nc1ccc(N)cc1. The zero-order valence-electron chi connectivity index (χ0n) is 8.93. The molecular formula is C11H14N2O3. The topological polar surface area (TPSA) is 92.4 Å². The molecule has 0 aliphatic rings. The van der Waals surface area contributed by atoms with E-state index >= 15 is 0 Å². The first-order valence-corrected chi connectivity index (χ1v) is 4.87. The van der Waals surface area contributed by atoms with Crippen molar-refractivity contribution < 1.29 is 14.7 Å². The van der Waals surface area contributed by atoms with Crippen molar-refractivity contribution in [1.82, 2.24) is 0 Å². The van der Waals surface area contributed by atoms with Crippen molar-refractivity contribution in [3.63, 3.8) is 0 Å². The second-order valence-corrected chi connectivity index (χ2v) is 3.61. The number of nitrogen functional groups attached to an aromatic ring is 1. The standard InChI is InChI=1S/C11H14N2O3/c1-7(6-10(14)15)11(16)13-9-4-2-8(12)3-5-9/h2-5,7H,6,12H2,1H3,(H,13,16)(H,14,15). The van der Waals surface area contributed by atoms with E-state index in [9.17, 15) is 9.59 Å². The fraction of sp³-hybridized carbons (Fsp3) is 0.273. The highest BCUT2D eigenvalue weighted by Gasteiger charge is 2.16. The Labute approximate surface area is 93.3 Å². The van der Waals surface area contributed by atoms with Crippen LogP contribution >= 0.6 is 0 Å². The van der Waals surface area contributed by atoms with Crippen LogP contribution < -0.4 is 11.1 Å². The summed E-state index contributed by atoms with van der Waals surface area (Å²) in [5.41, 5.74) is 6.71. The van der Waals surface area contributed by atoms with Gasteiger partial charge in [0.15, 0.2) is 0 Å². The number of carboxylic acids is 1. The molecule has 0 spiro atoms. The molecule has 1 amide bonds. The summed E-state index contributed by atoms with van der Waals surface area (Å²) >= 11 is 0. The molecule has 0 aliphatic carbocycles. The second-order valence-electron chi connectivity index (χ2n) is 3.61. The van der Waals surface area contributed by atoms with Gasteiger partial charge in [0.05, 0.1) is 6.42 Å². The third kappa shape index (κ3) is 3.61. The van der Waals surface area contributed by atoms with Gasteiger partial charge < -0.3 is 16.2 Å². The highest BCUT2D eigenvalue weighted by atomic mass is 16.4. The van der Waals surface area contributed by atoms with Gasteiger partial charge in [0.2, 0.25) is 5.91 Å². The zero-order valence-corrected chi connectivity index (χ0v) is 8.93. The number of hydrogen-bond acceptors (Lipinski definition) is 3. The van der Waals surface area contributed by atoms with Crippen molar-refractivity contribution in [2.24, 2.45) is 5.92 Å². The molecule has 16 heavy (non-hydrogen) atoms. The fourth-order valence-corrected chi connectivity index (χ4v) is 1.19. The summed E-state index contributed by atoms with van der Waals surface area (Å²) in [6.07, 6.45) is -0.180. The number of nitrogens with one attached hydrogen (secondary N) is 1. The highest BCUT2D eigenvalue weighted by molar-refractivity contribution is 5.94. The van der Waals surface area contributed by atoms with E-state index in [0.717, 1.165) is 0 Å². The van der Waals surface area contributed by atoms with Crippen LogP contribution in [0.4, 0.5) is 11.4 Å². The Bertz CT molecular complexity index is 387. The maximum atomic E-state index is 11.5. The molecule has 0 radical (unpaired) electrons. The molecule has 0 aromatic heterocycles. The molecule has 0 aliphatic heterocycles. The number of amides is 1. The molecule has 5 heteroatoms. The number of benzene rings is 1. The molecule has 0 fully saturated rings. The van der Waals surface area contributed by atoms with Crippen molar-refractivity contribution in [2.45, 2.75) is 13.3 Å². The van der Waals surface area contributed by atoms with Gasteiger partial charge in [-0.3, -0.25) is 9.59 Å². The van der Waals surface area contributed by atoms with E-state index in [1.54, 1.807) is 31.2 Å². The molecular weight excluding hydrogens is 208 g/mol. The van der Waals surface area contributed by atoms with Gasteiger partial charge in [0, 0.05) is 17.3 Å². The van der Waals surface area contributed by atoms with Gasteiger partial charge in [0.1, 0.15) is 0 Å². The molecule has 1 atom stereocenters. The molecule has 0 bridgehead atoms. The van der Waals surface area contributed by atoms with Crippen LogP contribution in [-0.2, 0) is 9.59 Å². The molecule has 5 nitrogen and oxygen atoms in total. The van der Waals surface area contributed by atoms with Gasteiger partial charge in [-0.05, 0) is 24.3 Å². The van der Waals surface area contributed by atoms with Crippen LogP contribution in [0.25, 0.3) is 0 Å². The van der Waals surface area contributed by atoms with Crippen LogP contribution in [0, 0.1) is 5.92 Å². The third-order valence-electron chi connectivity index (χ3n) is 2.11. The molecule has 1 rings (SSSR count). The second kappa shape index (κ2) is 5.16. The van der Waals surface area contributed by atoms with Crippen molar-refractivity contribution in [3.05, 3.63) is 24.3 Å². The summed E-state index contributed by atoms with van der Waals surface area (Å²) in [5, 5.41) is 11.2. The number of hydrogen-bond donors (Lipinski definition) is 3. The van der Waals surface area contributed by atoms with Crippen molar-refractivity contribution >= 4 is 23.3 Å². The van der Waals surface area contributed by atoms with Gasteiger partial charge in [-0.15, -0.1) is 0 Å². The van der Waals surface area contributed by atoms with Gasteiger partial charge in [0.25, 0.3) is 0 Å². The summed E-state index contributed by atoms with van der Waals surface area (Å²) in [6, 6.07) is 6.66. The molecule has 4 N–H and O–H groups in total. The first kappa shape index (κ1) is 12.0.